The average Bonchev–Trinajstić information content (AvgIpc) is 2.48. The highest BCUT2D eigenvalue weighted by Gasteiger charge is 2.28. The molecule has 0 saturated carbocycles. The average molecular weight is 215 g/mol. The third-order valence-electron chi connectivity index (χ3n) is 1.85. The van der Waals surface area contributed by atoms with Crippen molar-refractivity contribution in [2.45, 2.75) is 45.3 Å². The molecule has 4 heteroatoms. The molecule has 0 aliphatic carbocycles. The first-order chi connectivity index (χ1) is 6.42. The minimum atomic E-state index is -0.408. The van der Waals surface area contributed by atoms with Gasteiger partial charge in [0.1, 0.15) is 11.6 Å². The van der Waals surface area contributed by atoms with Crippen molar-refractivity contribution in [2.24, 2.45) is 4.99 Å². The van der Waals surface area contributed by atoms with Crippen molar-refractivity contribution >= 4 is 22.8 Å². The smallest absolute Gasteiger partial charge is 0.331 e. The van der Waals surface area contributed by atoms with Gasteiger partial charge in [0.05, 0.1) is 5.04 Å². The van der Waals surface area contributed by atoms with Crippen LogP contribution in [0.4, 0.5) is 0 Å². The van der Waals surface area contributed by atoms with Gasteiger partial charge in [-0.3, -0.25) is 4.99 Å². The van der Waals surface area contributed by atoms with Gasteiger partial charge in [-0.2, -0.15) is 0 Å². The van der Waals surface area contributed by atoms with Crippen LogP contribution in [0.2, 0.25) is 0 Å². The molecular formula is C10H17NO2S. The number of aliphatic imine (C=N–C) groups is 1. The normalized spacial score (nSPS) is 22.0. The first-order valence-corrected chi connectivity index (χ1v) is 5.98. The summed E-state index contributed by atoms with van der Waals surface area (Å²) in [5, 5.41) is 1.06. The summed E-state index contributed by atoms with van der Waals surface area (Å²) in [4.78, 5) is 15.9. The van der Waals surface area contributed by atoms with Crippen LogP contribution in [-0.4, -0.2) is 28.9 Å². The Labute approximate surface area is 89.3 Å². The number of ether oxygens (including phenoxy) is 1. The summed E-state index contributed by atoms with van der Waals surface area (Å²) in [6.07, 6.45) is 3.69. The molecule has 0 unspecified atom stereocenters. The lowest BCUT2D eigenvalue weighted by molar-refractivity contribution is -0.156. The van der Waals surface area contributed by atoms with E-state index in [1.165, 1.54) is 0 Å². The van der Waals surface area contributed by atoms with Gasteiger partial charge in [0.15, 0.2) is 0 Å². The number of rotatable bonds is 1. The molecule has 80 valence electrons. The summed E-state index contributed by atoms with van der Waals surface area (Å²) in [5.41, 5.74) is -0.408. The molecule has 3 nitrogen and oxygen atoms in total. The van der Waals surface area contributed by atoms with E-state index in [9.17, 15) is 4.79 Å². The number of thioether (sulfide) groups is 1. The van der Waals surface area contributed by atoms with E-state index in [1.54, 1.807) is 11.8 Å². The number of carbonyl (C=O) groups is 1. The van der Waals surface area contributed by atoms with Crippen LogP contribution in [0.3, 0.4) is 0 Å². The molecule has 0 aromatic heterocycles. The zero-order valence-corrected chi connectivity index (χ0v) is 9.98. The number of esters is 1. The van der Waals surface area contributed by atoms with Crippen LogP contribution in [0.15, 0.2) is 4.99 Å². The second-order valence-corrected chi connectivity index (χ2v) is 5.19. The maximum Gasteiger partial charge on any atom is 0.331 e. The summed E-state index contributed by atoms with van der Waals surface area (Å²) in [5.74, 6) is -0.193. The lowest BCUT2D eigenvalue weighted by atomic mass is 10.1. The zero-order valence-electron chi connectivity index (χ0n) is 9.16. The molecule has 0 fully saturated rings. The standard InChI is InChI=1S/C10H17NO2S/c1-10(2,3)13-9(12)7-5-6-8(11-7)14-4/h7H,5-6H2,1-4H3/t7-/m0/s1. The Kier molecular flexibility index (Phi) is 3.59. The molecule has 0 aromatic carbocycles. The second kappa shape index (κ2) is 4.34. The molecule has 0 radical (unpaired) electrons. The maximum atomic E-state index is 11.6. The van der Waals surface area contributed by atoms with Gasteiger partial charge in [-0.1, -0.05) is 0 Å². The molecule has 0 amide bonds. The van der Waals surface area contributed by atoms with Crippen LogP contribution in [0, 0.1) is 0 Å². The van der Waals surface area contributed by atoms with Crippen LogP contribution in [0.5, 0.6) is 0 Å². The van der Waals surface area contributed by atoms with Gasteiger partial charge in [0.25, 0.3) is 0 Å². The van der Waals surface area contributed by atoms with Crippen LogP contribution >= 0.6 is 11.8 Å². The first-order valence-electron chi connectivity index (χ1n) is 4.76. The summed E-state index contributed by atoms with van der Waals surface area (Å²) < 4.78 is 5.26. The number of carbonyl (C=O) groups excluding carboxylic acids is 1. The first kappa shape index (κ1) is 11.6. The van der Waals surface area contributed by atoms with Crippen molar-refractivity contribution < 1.29 is 9.53 Å². The Morgan fingerprint density at radius 3 is 2.64 bits per heavy atom. The fraction of sp³-hybridized carbons (Fsp3) is 0.800. The topological polar surface area (TPSA) is 38.7 Å². The Balaban J connectivity index is 2.52. The summed E-state index contributed by atoms with van der Waals surface area (Å²) in [6.45, 7) is 5.62. The highest BCUT2D eigenvalue weighted by Crippen LogP contribution is 2.21. The molecule has 0 saturated heterocycles. The predicted molar refractivity (Wildman–Crippen MR) is 59.8 cm³/mol. The van der Waals surface area contributed by atoms with Gasteiger partial charge in [0.2, 0.25) is 0 Å². The molecule has 14 heavy (non-hydrogen) atoms. The Morgan fingerprint density at radius 1 is 1.57 bits per heavy atom. The fourth-order valence-electron chi connectivity index (χ4n) is 1.26. The van der Waals surface area contributed by atoms with Crippen LogP contribution in [0.1, 0.15) is 33.6 Å². The van der Waals surface area contributed by atoms with Crippen molar-refractivity contribution in [3.05, 3.63) is 0 Å². The van der Waals surface area contributed by atoms with E-state index in [0.717, 1.165) is 17.9 Å². The lowest BCUT2D eigenvalue weighted by Gasteiger charge is -2.20. The van der Waals surface area contributed by atoms with Crippen molar-refractivity contribution in [3.63, 3.8) is 0 Å². The van der Waals surface area contributed by atoms with E-state index < -0.39 is 5.60 Å². The molecule has 1 atom stereocenters. The SMILES string of the molecule is CSC1=N[C@H](C(=O)OC(C)(C)C)CC1. The van der Waals surface area contributed by atoms with Crippen molar-refractivity contribution in [3.8, 4) is 0 Å². The number of hydrogen-bond donors (Lipinski definition) is 0. The molecule has 1 heterocycles. The van der Waals surface area contributed by atoms with E-state index in [0.29, 0.717) is 0 Å². The lowest BCUT2D eigenvalue weighted by Crippen LogP contribution is -2.29. The largest absolute Gasteiger partial charge is 0.458 e. The summed E-state index contributed by atoms with van der Waals surface area (Å²) >= 11 is 1.61. The Bertz CT molecular complexity index is 255. The van der Waals surface area contributed by atoms with Crippen molar-refractivity contribution in [1.82, 2.24) is 0 Å². The third-order valence-corrected chi connectivity index (χ3v) is 2.63. The Hall–Kier alpha value is -0.510. The molecule has 0 N–H and O–H groups in total. The van der Waals surface area contributed by atoms with Gasteiger partial charge in [-0.15, -0.1) is 11.8 Å². The van der Waals surface area contributed by atoms with E-state index in [1.807, 2.05) is 27.0 Å². The molecule has 0 aromatic rings. The van der Waals surface area contributed by atoms with E-state index >= 15 is 0 Å². The minimum absolute atomic E-state index is 0.193. The molecule has 1 rings (SSSR count). The minimum Gasteiger partial charge on any atom is -0.458 e. The van der Waals surface area contributed by atoms with Gasteiger partial charge >= 0.3 is 5.97 Å². The van der Waals surface area contributed by atoms with Gasteiger partial charge in [0, 0.05) is 0 Å². The summed E-state index contributed by atoms with van der Waals surface area (Å²) in [6, 6.07) is -0.267. The number of nitrogens with zero attached hydrogens (tertiary/aromatic N) is 1. The monoisotopic (exact) mass is 215 g/mol. The number of hydrogen-bond acceptors (Lipinski definition) is 4. The quantitative estimate of drug-likeness (QED) is 0.630. The van der Waals surface area contributed by atoms with Gasteiger partial charge < -0.3 is 4.74 Å². The van der Waals surface area contributed by atoms with E-state index in [4.69, 9.17) is 4.74 Å². The van der Waals surface area contributed by atoms with Crippen molar-refractivity contribution in [2.75, 3.05) is 6.26 Å². The Morgan fingerprint density at radius 2 is 2.21 bits per heavy atom. The second-order valence-electron chi connectivity index (χ2n) is 4.31. The van der Waals surface area contributed by atoms with Crippen LogP contribution < -0.4 is 0 Å². The third kappa shape index (κ3) is 3.33. The molecular weight excluding hydrogens is 198 g/mol. The highest BCUT2D eigenvalue weighted by atomic mass is 32.2. The van der Waals surface area contributed by atoms with Gasteiger partial charge in [-0.05, 0) is 39.9 Å². The van der Waals surface area contributed by atoms with Crippen LogP contribution in [0.25, 0.3) is 0 Å². The molecule has 0 spiro atoms. The van der Waals surface area contributed by atoms with E-state index in [2.05, 4.69) is 4.99 Å². The maximum absolute atomic E-state index is 11.6. The summed E-state index contributed by atoms with van der Waals surface area (Å²) in [7, 11) is 0. The zero-order chi connectivity index (χ0) is 10.8. The highest BCUT2D eigenvalue weighted by molar-refractivity contribution is 8.13. The predicted octanol–water partition coefficient (Wildman–Crippen LogP) is 2.25. The molecule has 1 aliphatic heterocycles. The van der Waals surface area contributed by atoms with E-state index in [-0.39, 0.29) is 12.0 Å². The fourth-order valence-corrected chi connectivity index (χ4v) is 1.81. The molecule has 1 aliphatic rings. The van der Waals surface area contributed by atoms with Crippen molar-refractivity contribution in [1.29, 1.82) is 0 Å². The van der Waals surface area contributed by atoms with Crippen LogP contribution in [-0.2, 0) is 9.53 Å². The van der Waals surface area contributed by atoms with Gasteiger partial charge in [-0.25, -0.2) is 4.79 Å². The molecule has 0 bridgehead atoms.